The monoisotopic (exact) mass is 231 g/mol. The lowest BCUT2D eigenvalue weighted by molar-refractivity contribution is -0.124. The number of carbonyl (C=O) groups is 1. The van der Waals surface area contributed by atoms with E-state index >= 15 is 4.39 Å². The first-order valence-electron chi connectivity index (χ1n) is 5.46. The van der Waals surface area contributed by atoms with Crippen molar-refractivity contribution in [2.45, 2.75) is 12.6 Å². The summed E-state index contributed by atoms with van der Waals surface area (Å²) >= 11 is 0. The Morgan fingerprint density at radius 2 is 2.00 bits per heavy atom. The van der Waals surface area contributed by atoms with Crippen LogP contribution in [0.5, 0.6) is 0 Å². The van der Waals surface area contributed by atoms with Crippen LogP contribution in [-0.4, -0.2) is 5.91 Å². The molecule has 0 heterocycles. The Morgan fingerprint density at radius 3 is 2.59 bits per heavy atom. The van der Waals surface area contributed by atoms with Crippen molar-refractivity contribution in [2.24, 2.45) is 11.7 Å². The summed E-state index contributed by atoms with van der Waals surface area (Å²) in [4.78, 5) is 11.4. The van der Waals surface area contributed by atoms with Crippen LogP contribution >= 0.6 is 0 Å². The molecule has 88 valence electrons. The van der Waals surface area contributed by atoms with Crippen molar-refractivity contribution in [3.05, 3.63) is 59.7 Å². The highest BCUT2D eigenvalue weighted by molar-refractivity contribution is 5.81. The smallest absolute Gasteiger partial charge is 0.228 e. The van der Waals surface area contributed by atoms with Gasteiger partial charge in [0.25, 0.3) is 0 Å². The highest BCUT2D eigenvalue weighted by Gasteiger charge is 2.45. The minimum atomic E-state index is -1.83. The number of rotatable bonds is 2. The Kier molecular flexibility index (Phi) is 2.84. The van der Waals surface area contributed by atoms with Crippen LogP contribution in [-0.2, 0) is 10.5 Å². The van der Waals surface area contributed by atoms with Crippen LogP contribution in [0, 0.1) is 5.92 Å². The molecule has 2 atom stereocenters. The van der Waals surface area contributed by atoms with E-state index in [9.17, 15) is 4.79 Å². The maximum Gasteiger partial charge on any atom is 0.228 e. The zero-order valence-electron chi connectivity index (χ0n) is 9.56. The predicted octanol–water partition coefficient (Wildman–Crippen LogP) is 2.47. The maximum absolute atomic E-state index is 15.2. The highest BCUT2D eigenvalue weighted by atomic mass is 19.1. The average Bonchev–Trinajstić information content (AvgIpc) is 2.33. The number of primary amides is 1. The Bertz CT molecular complexity index is 492. The van der Waals surface area contributed by atoms with Crippen molar-refractivity contribution in [1.82, 2.24) is 0 Å². The number of halogens is 1. The minimum Gasteiger partial charge on any atom is -0.369 e. The first-order chi connectivity index (χ1) is 8.06. The van der Waals surface area contributed by atoms with Gasteiger partial charge in [0.1, 0.15) is 0 Å². The molecule has 2 unspecified atom stereocenters. The molecule has 2 rings (SSSR count). The summed E-state index contributed by atoms with van der Waals surface area (Å²) in [5.41, 5.74) is 4.41. The molecule has 0 saturated heterocycles. The van der Waals surface area contributed by atoms with E-state index in [1.54, 1.807) is 43.3 Å². The van der Waals surface area contributed by atoms with Gasteiger partial charge in [-0.25, -0.2) is 4.39 Å². The molecule has 2 N–H and O–H groups in total. The van der Waals surface area contributed by atoms with E-state index in [0.29, 0.717) is 11.1 Å². The van der Waals surface area contributed by atoms with Gasteiger partial charge in [0.15, 0.2) is 5.67 Å². The summed E-state index contributed by atoms with van der Waals surface area (Å²) in [5, 5.41) is 0. The van der Waals surface area contributed by atoms with E-state index in [2.05, 4.69) is 0 Å². The van der Waals surface area contributed by atoms with Crippen LogP contribution in [0.25, 0.3) is 0 Å². The number of hydrogen-bond acceptors (Lipinski definition) is 1. The third kappa shape index (κ3) is 1.78. The summed E-state index contributed by atoms with van der Waals surface area (Å²) in [7, 11) is 0. The van der Waals surface area contributed by atoms with Crippen molar-refractivity contribution < 1.29 is 9.18 Å². The second kappa shape index (κ2) is 4.17. The van der Waals surface area contributed by atoms with Crippen molar-refractivity contribution in [1.29, 1.82) is 0 Å². The summed E-state index contributed by atoms with van der Waals surface area (Å²) < 4.78 is 15.2. The van der Waals surface area contributed by atoms with Crippen molar-refractivity contribution in [3.63, 3.8) is 0 Å². The lowest BCUT2D eigenvalue weighted by Crippen LogP contribution is -2.40. The molecule has 1 amide bonds. The third-order valence-corrected chi connectivity index (χ3v) is 3.15. The lowest BCUT2D eigenvalue weighted by Gasteiger charge is -2.33. The number of nitrogens with two attached hydrogens (primary N) is 1. The van der Waals surface area contributed by atoms with Crippen molar-refractivity contribution in [2.75, 3.05) is 0 Å². The first-order valence-corrected chi connectivity index (χ1v) is 5.46. The zero-order valence-corrected chi connectivity index (χ0v) is 9.56. The van der Waals surface area contributed by atoms with E-state index in [-0.39, 0.29) is 0 Å². The summed E-state index contributed by atoms with van der Waals surface area (Å²) in [5.74, 6) is -1.60. The van der Waals surface area contributed by atoms with Gasteiger partial charge < -0.3 is 5.73 Å². The van der Waals surface area contributed by atoms with Gasteiger partial charge in [0, 0.05) is 0 Å². The molecule has 2 nitrogen and oxygen atoms in total. The summed E-state index contributed by atoms with van der Waals surface area (Å²) in [6.45, 7) is 1.67. The summed E-state index contributed by atoms with van der Waals surface area (Å²) in [6.07, 6.45) is 4.86. The van der Waals surface area contributed by atoms with Gasteiger partial charge in [0.05, 0.1) is 5.92 Å². The molecule has 0 fully saturated rings. The van der Waals surface area contributed by atoms with E-state index in [4.69, 9.17) is 5.73 Å². The highest BCUT2D eigenvalue weighted by Crippen LogP contribution is 2.43. The minimum absolute atomic E-state index is 0.460. The van der Waals surface area contributed by atoms with Crippen LogP contribution in [0.15, 0.2) is 54.1 Å². The van der Waals surface area contributed by atoms with Gasteiger partial charge in [-0.15, -0.1) is 0 Å². The number of allylic oxidation sites excluding steroid dienone is 3. The third-order valence-electron chi connectivity index (χ3n) is 3.15. The van der Waals surface area contributed by atoms with Gasteiger partial charge >= 0.3 is 0 Å². The van der Waals surface area contributed by atoms with Gasteiger partial charge in [-0.05, 0) is 18.1 Å². The second-order valence-electron chi connectivity index (χ2n) is 4.19. The fraction of sp³-hybridized carbons (Fsp3) is 0.214. The second-order valence-corrected chi connectivity index (χ2v) is 4.19. The fourth-order valence-corrected chi connectivity index (χ4v) is 2.19. The van der Waals surface area contributed by atoms with E-state index in [1.807, 2.05) is 6.07 Å². The zero-order chi connectivity index (χ0) is 12.5. The first kappa shape index (κ1) is 11.6. The Balaban J connectivity index is 2.56. The molecule has 1 aliphatic rings. The molecule has 0 bridgehead atoms. The molecule has 1 aliphatic carbocycles. The van der Waals surface area contributed by atoms with Crippen molar-refractivity contribution >= 4 is 5.91 Å². The standard InChI is InChI=1S/C14H14FNO/c1-10-6-5-9-12(13(16)17)14(10,15)11-7-3-2-4-8-11/h2-9,12H,1H3,(H2,16,17). The topological polar surface area (TPSA) is 43.1 Å². The van der Waals surface area contributed by atoms with Crippen LogP contribution in [0.4, 0.5) is 4.39 Å². The largest absolute Gasteiger partial charge is 0.369 e. The Hall–Kier alpha value is -1.90. The van der Waals surface area contributed by atoms with E-state index in [0.717, 1.165) is 0 Å². The van der Waals surface area contributed by atoms with Gasteiger partial charge in [0.2, 0.25) is 5.91 Å². The number of benzene rings is 1. The number of amides is 1. The molecule has 3 heteroatoms. The molecule has 17 heavy (non-hydrogen) atoms. The summed E-state index contributed by atoms with van der Waals surface area (Å²) in [6, 6.07) is 8.66. The number of carbonyl (C=O) groups excluding carboxylic acids is 1. The van der Waals surface area contributed by atoms with Gasteiger partial charge in [-0.3, -0.25) is 4.79 Å². The quantitative estimate of drug-likeness (QED) is 0.834. The lowest BCUT2D eigenvalue weighted by atomic mass is 9.75. The van der Waals surface area contributed by atoms with Gasteiger partial charge in [-0.2, -0.15) is 0 Å². The SMILES string of the molecule is CC1=CC=CC(C(N)=O)C1(F)c1ccccc1. The molecule has 0 aliphatic heterocycles. The molecule has 0 radical (unpaired) electrons. The van der Waals surface area contributed by atoms with E-state index < -0.39 is 17.5 Å². The van der Waals surface area contributed by atoms with Crippen LogP contribution in [0.3, 0.4) is 0 Å². The molecule has 1 aromatic rings. The van der Waals surface area contributed by atoms with E-state index in [1.165, 1.54) is 6.08 Å². The number of hydrogen-bond donors (Lipinski definition) is 1. The number of alkyl halides is 1. The Morgan fingerprint density at radius 1 is 1.35 bits per heavy atom. The molecule has 0 spiro atoms. The Labute approximate surface area is 99.6 Å². The van der Waals surface area contributed by atoms with Crippen LogP contribution < -0.4 is 5.73 Å². The normalized spacial score (nSPS) is 27.6. The average molecular weight is 231 g/mol. The molecule has 1 aromatic carbocycles. The van der Waals surface area contributed by atoms with Crippen LogP contribution in [0.2, 0.25) is 0 Å². The van der Waals surface area contributed by atoms with Crippen LogP contribution in [0.1, 0.15) is 12.5 Å². The van der Waals surface area contributed by atoms with Crippen molar-refractivity contribution in [3.8, 4) is 0 Å². The molecular formula is C14H14FNO. The predicted molar refractivity (Wildman–Crippen MR) is 64.8 cm³/mol. The fourth-order valence-electron chi connectivity index (χ4n) is 2.19. The molecule has 0 aromatic heterocycles. The maximum atomic E-state index is 15.2. The molecule has 0 saturated carbocycles. The molecular weight excluding hydrogens is 217 g/mol. The van der Waals surface area contributed by atoms with Gasteiger partial charge in [-0.1, -0.05) is 48.6 Å².